The lowest BCUT2D eigenvalue weighted by Gasteiger charge is -2.23. The number of nitrogens with zero attached hydrogens (tertiary/aromatic N) is 1. The van der Waals surface area contributed by atoms with E-state index in [0.29, 0.717) is 6.54 Å². The first-order valence-corrected chi connectivity index (χ1v) is 5.67. The maximum atomic E-state index is 13.1. The van der Waals surface area contributed by atoms with Crippen LogP contribution in [0.15, 0.2) is 18.2 Å². The Balaban J connectivity index is 2.20. The fraction of sp³-hybridized carbons (Fsp3) is 0.417. The van der Waals surface area contributed by atoms with Gasteiger partial charge in [0.25, 0.3) is 0 Å². The minimum Gasteiger partial charge on any atom is -0.481 e. The number of carbonyl (C=O) groups is 1. The molecule has 0 aliphatic carbocycles. The zero-order chi connectivity index (χ0) is 12.3. The van der Waals surface area contributed by atoms with Crippen LogP contribution < -0.4 is 10.2 Å². The number of anilines is 2. The Morgan fingerprint density at radius 3 is 3.12 bits per heavy atom. The summed E-state index contributed by atoms with van der Waals surface area (Å²) in [5, 5.41) is 11.9. The number of carboxylic acids is 1. The molecule has 0 bridgehead atoms. The number of fused-ring (bicyclic) bond motifs is 1. The van der Waals surface area contributed by atoms with E-state index in [1.807, 2.05) is 4.90 Å². The van der Waals surface area contributed by atoms with Crippen molar-refractivity contribution in [2.24, 2.45) is 0 Å². The quantitative estimate of drug-likeness (QED) is 0.844. The van der Waals surface area contributed by atoms with Gasteiger partial charge in [0, 0.05) is 19.6 Å². The molecule has 17 heavy (non-hydrogen) atoms. The summed E-state index contributed by atoms with van der Waals surface area (Å²) in [5.41, 5.74) is 1.62. The molecule has 0 aromatic heterocycles. The highest BCUT2D eigenvalue weighted by molar-refractivity contribution is 5.72. The second-order valence-corrected chi connectivity index (χ2v) is 4.07. The molecule has 0 atom stereocenters. The molecule has 0 spiro atoms. The first kappa shape index (κ1) is 11.7. The molecule has 0 saturated heterocycles. The van der Waals surface area contributed by atoms with E-state index in [1.54, 1.807) is 6.07 Å². The Morgan fingerprint density at radius 2 is 2.35 bits per heavy atom. The third-order valence-electron chi connectivity index (χ3n) is 2.82. The highest BCUT2D eigenvalue weighted by Crippen LogP contribution is 2.29. The van der Waals surface area contributed by atoms with E-state index in [9.17, 15) is 9.18 Å². The molecular formula is C12H15FN2O2. The first-order valence-electron chi connectivity index (χ1n) is 5.67. The Labute approximate surface area is 99.0 Å². The molecule has 0 amide bonds. The van der Waals surface area contributed by atoms with Crippen LogP contribution in [0.25, 0.3) is 0 Å². The maximum Gasteiger partial charge on any atom is 0.305 e. The zero-order valence-electron chi connectivity index (χ0n) is 9.45. The molecule has 1 aliphatic rings. The van der Waals surface area contributed by atoms with Gasteiger partial charge in [0.05, 0.1) is 17.8 Å². The maximum absolute atomic E-state index is 13.1. The third-order valence-corrected chi connectivity index (χ3v) is 2.82. The number of halogens is 1. The molecule has 0 fully saturated rings. The summed E-state index contributed by atoms with van der Waals surface area (Å²) >= 11 is 0. The lowest BCUT2D eigenvalue weighted by Crippen LogP contribution is -2.26. The van der Waals surface area contributed by atoms with Crippen LogP contribution in [-0.4, -0.2) is 30.7 Å². The van der Waals surface area contributed by atoms with Gasteiger partial charge in [-0.05, 0) is 24.6 Å². The molecule has 0 saturated carbocycles. The van der Waals surface area contributed by atoms with Gasteiger partial charge >= 0.3 is 5.97 Å². The summed E-state index contributed by atoms with van der Waals surface area (Å²) in [6.45, 7) is 2.02. The molecule has 2 N–H and O–H groups in total. The van der Waals surface area contributed by atoms with E-state index in [4.69, 9.17) is 5.11 Å². The fourth-order valence-electron chi connectivity index (χ4n) is 2.00. The summed E-state index contributed by atoms with van der Waals surface area (Å²) in [5.74, 6) is -1.10. The summed E-state index contributed by atoms with van der Waals surface area (Å²) in [6, 6.07) is 4.55. The molecule has 2 rings (SSSR count). The lowest BCUT2D eigenvalue weighted by atomic mass is 10.2. The van der Waals surface area contributed by atoms with Crippen molar-refractivity contribution < 1.29 is 14.3 Å². The van der Waals surface area contributed by atoms with Crippen LogP contribution in [0.1, 0.15) is 12.8 Å². The smallest absolute Gasteiger partial charge is 0.305 e. The van der Waals surface area contributed by atoms with Crippen molar-refractivity contribution >= 4 is 17.3 Å². The summed E-state index contributed by atoms with van der Waals surface area (Å²) in [4.78, 5) is 12.6. The number of benzene rings is 1. The van der Waals surface area contributed by atoms with Crippen LogP contribution in [0.2, 0.25) is 0 Å². The number of nitrogens with one attached hydrogen (secondary N) is 1. The van der Waals surface area contributed by atoms with E-state index in [1.165, 1.54) is 12.1 Å². The number of hydrogen-bond donors (Lipinski definition) is 2. The Bertz CT molecular complexity index is 423. The molecule has 4 nitrogen and oxygen atoms in total. The van der Waals surface area contributed by atoms with Gasteiger partial charge in [0.2, 0.25) is 0 Å². The number of hydrogen-bond acceptors (Lipinski definition) is 3. The number of rotatable bonds is 3. The highest BCUT2D eigenvalue weighted by Gasteiger charge is 2.16. The van der Waals surface area contributed by atoms with Gasteiger partial charge < -0.3 is 15.3 Å². The molecule has 1 aromatic rings. The van der Waals surface area contributed by atoms with Gasteiger partial charge in [-0.25, -0.2) is 4.39 Å². The van der Waals surface area contributed by atoms with Crippen molar-refractivity contribution in [3.05, 3.63) is 24.0 Å². The van der Waals surface area contributed by atoms with E-state index in [2.05, 4.69) is 5.32 Å². The highest BCUT2D eigenvalue weighted by atomic mass is 19.1. The van der Waals surface area contributed by atoms with Crippen molar-refractivity contribution in [2.45, 2.75) is 12.8 Å². The van der Waals surface area contributed by atoms with Crippen molar-refractivity contribution in [3.8, 4) is 0 Å². The van der Waals surface area contributed by atoms with Crippen molar-refractivity contribution in [1.82, 2.24) is 0 Å². The van der Waals surface area contributed by atoms with Crippen molar-refractivity contribution in [1.29, 1.82) is 0 Å². The van der Waals surface area contributed by atoms with Gasteiger partial charge in [0.15, 0.2) is 0 Å². The average molecular weight is 238 g/mol. The van der Waals surface area contributed by atoms with Crippen LogP contribution >= 0.6 is 0 Å². The Morgan fingerprint density at radius 1 is 1.53 bits per heavy atom. The third kappa shape index (κ3) is 2.87. The van der Waals surface area contributed by atoms with E-state index < -0.39 is 5.97 Å². The second kappa shape index (κ2) is 5.03. The average Bonchev–Trinajstić information content (AvgIpc) is 2.48. The SMILES string of the molecule is O=C(O)CCN1CCCNc2cc(F)ccc21. The minimum absolute atomic E-state index is 0.0941. The zero-order valence-corrected chi connectivity index (χ0v) is 9.45. The van der Waals surface area contributed by atoms with Gasteiger partial charge in [-0.1, -0.05) is 0 Å². The normalized spacial score (nSPS) is 14.8. The van der Waals surface area contributed by atoms with E-state index >= 15 is 0 Å². The fourth-order valence-corrected chi connectivity index (χ4v) is 2.00. The Kier molecular flexibility index (Phi) is 3.46. The van der Waals surface area contributed by atoms with Crippen LogP contribution in [0.3, 0.4) is 0 Å². The molecule has 1 aliphatic heterocycles. The molecule has 0 radical (unpaired) electrons. The van der Waals surface area contributed by atoms with Gasteiger partial charge in [-0.2, -0.15) is 0 Å². The molecule has 1 aromatic carbocycles. The van der Waals surface area contributed by atoms with E-state index in [0.717, 1.165) is 30.9 Å². The summed E-state index contributed by atoms with van der Waals surface area (Å²) < 4.78 is 13.1. The van der Waals surface area contributed by atoms with E-state index in [-0.39, 0.29) is 12.2 Å². The molecular weight excluding hydrogens is 223 g/mol. The minimum atomic E-state index is -0.814. The molecule has 1 heterocycles. The van der Waals surface area contributed by atoms with Crippen molar-refractivity contribution in [3.63, 3.8) is 0 Å². The predicted molar refractivity (Wildman–Crippen MR) is 64.0 cm³/mol. The number of carboxylic acid groups (broad SMARTS) is 1. The molecule has 5 heteroatoms. The molecule has 0 unspecified atom stereocenters. The van der Waals surface area contributed by atoms with Crippen molar-refractivity contribution in [2.75, 3.05) is 29.9 Å². The standard InChI is InChI=1S/C12H15FN2O2/c13-9-2-3-11-10(8-9)14-5-1-6-15(11)7-4-12(16)17/h2-3,8,14H,1,4-7H2,(H,16,17). The predicted octanol–water partition coefficient (Wildman–Crippen LogP) is 1.92. The molecule has 92 valence electrons. The lowest BCUT2D eigenvalue weighted by molar-refractivity contribution is -0.136. The van der Waals surface area contributed by atoms with Crippen LogP contribution in [0, 0.1) is 5.82 Å². The second-order valence-electron chi connectivity index (χ2n) is 4.07. The van der Waals surface area contributed by atoms with Crippen LogP contribution in [-0.2, 0) is 4.79 Å². The van der Waals surface area contributed by atoms with Gasteiger partial charge in [-0.15, -0.1) is 0 Å². The largest absolute Gasteiger partial charge is 0.481 e. The summed E-state index contributed by atoms with van der Waals surface area (Å²) in [6.07, 6.45) is 1.01. The summed E-state index contributed by atoms with van der Waals surface area (Å²) in [7, 11) is 0. The van der Waals surface area contributed by atoms with Gasteiger partial charge in [0.1, 0.15) is 5.82 Å². The topological polar surface area (TPSA) is 52.6 Å². The van der Waals surface area contributed by atoms with Crippen LogP contribution in [0.4, 0.5) is 15.8 Å². The Hall–Kier alpha value is -1.78. The monoisotopic (exact) mass is 238 g/mol. The van der Waals surface area contributed by atoms with Gasteiger partial charge in [-0.3, -0.25) is 4.79 Å². The van der Waals surface area contributed by atoms with Crippen LogP contribution in [0.5, 0.6) is 0 Å². The number of aliphatic carboxylic acids is 1. The first-order chi connectivity index (χ1) is 8.16.